The second-order valence-electron chi connectivity index (χ2n) is 3.18. The number of aromatic nitrogens is 1. The first-order chi connectivity index (χ1) is 6.83. The number of aryl methyl sites for hydroxylation is 1. The van der Waals surface area contributed by atoms with Gasteiger partial charge in [-0.05, 0) is 24.1 Å². The summed E-state index contributed by atoms with van der Waals surface area (Å²) in [4.78, 5) is 13.4. The highest BCUT2D eigenvalue weighted by molar-refractivity contribution is 6.35. The molecule has 0 saturated carbocycles. The summed E-state index contributed by atoms with van der Waals surface area (Å²) in [5, 5.41) is 1.78. The van der Waals surface area contributed by atoms with Crippen LogP contribution in [0.4, 0.5) is 0 Å². The third-order valence-electron chi connectivity index (χ3n) is 2.27. The SMILES string of the molecule is O=CCCc1c[nH]c2cccc(Cl)c12. The zero-order valence-corrected chi connectivity index (χ0v) is 8.34. The van der Waals surface area contributed by atoms with Crippen LogP contribution in [0.25, 0.3) is 10.9 Å². The molecule has 0 aliphatic rings. The van der Waals surface area contributed by atoms with Gasteiger partial charge in [0.15, 0.2) is 0 Å². The van der Waals surface area contributed by atoms with E-state index in [4.69, 9.17) is 11.6 Å². The second kappa shape index (κ2) is 3.84. The van der Waals surface area contributed by atoms with Crippen LogP contribution < -0.4 is 0 Å². The minimum Gasteiger partial charge on any atom is -0.361 e. The molecule has 14 heavy (non-hydrogen) atoms. The molecule has 2 rings (SSSR count). The van der Waals surface area contributed by atoms with Gasteiger partial charge in [-0.3, -0.25) is 0 Å². The number of H-pyrrole nitrogens is 1. The third-order valence-corrected chi connectivity index (χ3v) is 2.58. The Hall–Kier alpha value is -1.28. The zero-order valence-electron chi connectivity index (χ0n) is 7.59. The number of nitrogens with one attached hydrogen (secondary N) is 1. The topological polar surface area (TPSA) is 32.9 Å². The van der Waals surface area contributed by atoms with E-state index in [0.717, 1.165) is 34.2 Å². The molecule has 0 unspecified atom stereocenters. The number of aromatic amines is 1. The standard InChI is InChI=1S/C11H10ClNO/c12-9-4-1-5-10-11(9)8(7-13-10)3-2-6-14/h1,4-7,13H,2-3H2. The average molecular weight is 208 g/mol. The molecule has 1 aromatic carbocycles. The van der Waals surface area contributed by atoms with E-state index in [1.54, 1.807) is 0 Å². The van der Waals surface area contributed by atoms with Crippen LogP contribution in [0.5, 0.6) is 0 Å². The molecule has 72 valence electrons. The van der Waals surface area contributed by atoms with E-state index in [9.17, 15) is 4.79 Å². The van der Waals surface area contributed by atoms with Crippen LogP contribution in [0, 0.1) is 0 Å². The third kappa shape index (κ3) is 1.53. The van der Waals surface area contributed by atoms with Crippen molar-refractivity contribution in [1.29, 1.82) is 0 Å². The molecule has 1 aromatic heterocycles. The second-order valence-corrected chi connectivity index (χ2v) is 3.59. The van der Waals surface area contributed by atoms with Gasteiger partial charge < -0.3 is 9.78 Å². The smallest absolute Gasteiger partial charge is 0.120 e. The molecule has 2 aromatic rings. The molecule has 0 bridgehead atoms. The highest BCUT2D eigenvalue weighted by Crippen LogP contribution is 2.26. The summed E-state index contributed by atoms with van der Waals surface area (Å²) < 4.78 is 0. The molecular formula is C11H10ClNO. The Bertz CT molecular complexity index is 461. The number of benzene rings is 1. The van der Waals surface area contributed by atoms with Crippen molar-refractivity contribution >= 4 is 28.8 Å². The van der Waals surface area contributed by atoms with Crippen LogP contribution in [0.2, 0.25) is 5.02 Å². The Morgan fingerprint density at radius 3 is 3.07 bits per heavy atom. The van der Waals surface area contributed by atoms with Gasteiger partial charge in [0.05, 0.1) is 5.02 Å². The Labute approximate surface area is 86.9 Å². The zero-order chi connectivity index (χ0) is 9.97. The van der Waals surface area contributed by atoms with Crippen molar-refractivity contribution in [3.63, 3.8) is 0 Å². The van der Waals surface area contributed by atoms with E-state index in [0.29, 0.717) is 6.42 Å². The minimum atomic E-state index is 0.540. The molecule has 0 radical (unpaired) electrons. The van der Waals surface area contributed by atoms with E-state index in [2.05, 4.69) is 4.98 Å². The van der Waals surface area contributed by atoms with Crippen LogP contribution in [0.1, 0.15) is 12.0 Å². The molecule has 0 spiro atoms. The molecular weight excluding hydrogens is 198 g/mol. The predicted octanol–water partition coefficient (Wildman–Crippen LogP) is 2.95. The number of fused-ring (bicyclic) bond motifs is 1. The van der Waals surface area contributed by atoms with Crippen LogP contribution in [-0.4, -0.2) is 11.3 Å². The van der Waals surface area contributed by atoms with E-state index in [-0.39, 0.29) is 0 Å². The molecule has 0 fully saturated rings. The van der Waals surface area contributed by atoms with Crippen molar-refractivity contribution in [1.82, 2.24) is 4.98 Å². The summed E-state index contributed by atoms with van der Waals surface area (Å²) >= 11 is 6.07. The number of carbonyl (C=O) groups is 1. The summed E-state index contributed by atoms with van der Waals surface area (Å²) in [5.41, 5.74) is 2.14. The van der Waals surface area contributed by atoms with Crippen molar-refractivity contribution in [3.8, 4) is 0 Å². The molecule has 2 nitrogen and oxygen atoms in total. The molecule has 3 heteroatoms. The summed E-state index contributed by atoms with van der Waals surface area (Å²) in [6, 6.07) is 5.75. The lowest BCUT2D eigenvalue weighted by atomic mass is 10.1. The highest BCUT2D eigenvalue weighted by atomic mass is 35.5. The van der Waals surface area contributed by atoms with Crippen LogP contribution >= 0.6 is 11.6 Å². The first-order valence-electron chi connectivity index (χ1n) is 4.51. The number of hydrogen-bond acceptors (Lipinski definition) is 1. The van der Waals surface area contributed by atoms with Gasteiger partial charge in [-0.15, -0.1) is 0 Å². The summed E-state index contributed by atoms with van der Waals surface area (Å²) in [7, 11) is 0. The maximum atomic E-state index is 10.3. The van der Waals surface area contributed by atoms with Gasteiger partial charge in [0, 0.05) is 23.5 Å². The van der Waals surface area contributed by atoms with Crippen molar-refractivity contribution in [2.75, 3.05) is 0 Å². The van der Waals surface area contributed by atoms with E-state index >= 15 is 0 Å². The highest BCUT2D eigenvalue weighted by Gasteiger charge is 2.05. The van der Waals surface area contributed by atoms with Gasteiger partial charge in [-0.1, -0.05) is 17.7 Å². The average Bonchev–Trinajstić information content (AvgIpc) is 2.59. The maximum absolute atomic E-state index is 10.3. The number of rotatable bonds is 3. The fourth-order valence-corrected chi connectivity index (χ4v) is 1.92. The molecule has 1 heterocycles. The molecule has 0 atom stereocenters. The van der Waals surface area contributed by atoms with E-state index in [1.165, 1.54) is 0 Å². The fourth-order valence-electron chi connectivity index (χ4n) is 1.62. The Morgan fingerprint density at radius 1 is 1.43 bits per heavy atom. The van der Waals surface area contributed by atoms with Gasteiger partial charge in [0.1, 0.15) is 6.29 Å². The summed E-state index contributed by atoms with van der Waals surface area (Å²) in [6.07, 6.45) is 4.13. The Kier molecular flexibility index (Phi) is 2.55. The first kappa shape index (κ1) is 9.28. The van der Waals surface area contributed by atoms with E-state index in [1.807, 2.05) is 24.4 Å². The lowest BCUT2D eigenvalue weighted by Gasteiger charge is -1.97. The lowest BCUT2D eigenvalue weighted by Crippen LogP contribution is -1.84. The first-order valence-corrected chi connectivity index (χ1v) is 4.89. The van der Waals surface area contributed by atoms with Gasteiger partial charge in [-0.25, -0.2) is 0 Å². The van der Waals surface area contributed by atoms with Crippen LogP contribution in [0.3, 0.4) is 0 Å². The van der Waals surface area contributed by atoms with Gasteiger partial charge in [0.25, 0.3) is 0 Å². The number of carbonyl (C=O) groups excluding carboxylic acids is 1. The monoisotopic (exact) mass is 207 g/mol. The van der Waals surface area contributed by atoms with Crippen molar-refractivity contribution in [3.05, 3.63) is 35.0 Å². The Morgan fingerprint density at radius 2 is 2.29 bits per heavy atom. The van der Waals surface area contributed by atoms with Crippen molar-refractivity contribution < 1.29 is 4.79 Å². The quantitative estimate of drug-likeness (QED) is 0.772. The minimum absolute atomic E-state index is 0.540. The lowest BCUT2D eigenvalue weighted by molar-refractivity contribution is -0.107. The Balaban J connectivity index is 2.50. The van der Waals surface area contributed by atoms with Crippen molar-refractivity contribution in [2.45, 2.75) is 12.8 Å². The van der Waals surface area contributed by atoms with Gasteiger partial charge in [-0.2, -0.15) is 0 Å². The maximum Gasteiger partial charge on any atom is 0.120 e. The van der Waals surface area contributed by atoms with Gasteiger partial charge >= 0.3 is 0 Å². The van der Waals surface area contributed by atoms with E-state index < -0.39 is 0 Å². The number of hydrogen-bond donors (Lipinski definition) is 1. The predicted molar refractivity (Wildman–Crippen MR) is 57.7 cm³/mol. The molecule has 0 aliphatic carbocycles. The largest absolute Gasteiger partial charge is 0.361 e. The van der Waals surface area contributed by atoms with Gasteiger partial charge in [0.2, 0.25) is 0 Å². The molecule has 0 amide bonds. The molecule has 1 N–H and O–H groups in total. The summed E-state index contributed by atoms with van der Waals surface area (Å²) in [5.74, 6) is 0. The number of halogens is 1. The fraction of sp³-hybridized carbons (Fsp3) is 0.182. The van der Waals surface area contributed by atoms with Crippen LogP contribution in [-0.2, 0) is 11.2 Å². The molecule has 0 aliphatic heterocycles. The number of aldehydes is 1. The summed E-state index contributed by atoms with van der Waals surface area (Å²) in [6.45, 7) is 0. The van der Waals surface area contributed by atoms with Crippen molar-refractivity contribution in [2.24, 2.45) is 0 Å². The van der Waals surface area contributed by atoms with Crippen LogP contribution in [0.15, 0.2) is 24.4 Å². The normalized spacial score (nSPS) is 10.6. The molecule has 0 saturated heterocycles.